The fourth-order valence-electron chi connectivity index (χ4n) is 2.65. The average molecular weight is 340 g/mol. The largest absolute Gasteiger partial charge is 0.466 e. The fraction of sp³-hybridized carbons (Fsp3) is 0.625. The van der Waals surface area contributed by atoms with Gasteiger partial charge in [-0.05, 0) is 13.8 Å². The summed E-state index contributed by atoms with van der Waals surface area (Å²) in [4.78, 5) is 50.3. The number of carbonyl (C=O) groups excluding carboxylic acids is 4. The lowest BCUT2D eigenvalue weighted by Gasteiger charge is -2.30. The predicted molar refractivity (Wildman–Crippen MR) is 84.8 cm³/mol. The quantitative estimate of drug-likeness (QED) is 0.503. The Balaban J connectivity index is 2.89. The van der Waals surface area contributed by atoms with Crippen LogP contribution in [0.4, 0.5) is 0 Å². The lowest BCUT2D eigenvalue weighted by Crippen LogP contribution is -2.51. The summed E-state index contributed by atoms with van der Waals surface area (Å²) in [7, 11) is 1.19. The Morgan fingerprint density at radius 2 is 1.71 bits per heavy atom. The van der Waals surface area contributed by atoms with Crippen LogP contribution >= 0.6 is 0 Å². The predicted octanol–water partition coefficient (Wildman–Crippen LogP) is 0.117. The molecule has 0 radical (unpaired) electrons. The van der Waals surface area contributed by atoms with E-state index in [-0.39, 0.29) is 11.8 Å². The molecule has 24 heavy (non-hydrogen) atoms. The summed E-state index contributed by atoms with van der Waals surface area (Å²) in [6.07, 6.45) is 1.52. The van der Waals surface area contributed by atoms with Crippen LogP contribution in [0.15, 0.2) is 12.2 Å². The van der Waals surface area contributed by atoms with Gasteiger partial charge in [0.1, 0.15) is 12.1 Å². The number of hydrogen-bond acceptors (Lipinski definition) is 6. The minimum absolute atomic E-state index is 0.246. The van der Waals surface area contributed by atoms with Gasteiger partial charge >= 0.3 is 11.9 Å². The summed E-state index contributed by atoms with van der Waals surface area (Å²) in [5, 5.41) is 0. The Hall–Kier alpha value is -2.38. The first-order valence-electron chi connectivity index (χ1n) is 7.88. The van der Waals surface area contributed by atoms with Gasteiger partial charge in [-0.25, -0.2) is 9.59 Å². The summed E-state index contributed by atoms with van der Waals surface area (Å²) in [5.74, 6) is -1.93. The number of nitrogens with zero attached hydrogens (tertiary/aromatic N) is 2. The smallest absolute Gasteiger partial charge is 0.331 e. The van der Waals surface area contributed by atoms with Crippen molar-refractivity contribution >= 4 is 23.8 Å². The maximum atomic E-state index is 12.7. The van der Waals surface area contributed by atoms with E-state index in [9.17, 15) is 19.2 Å². The highest BCUT2D eigenvalue weighted by molar-refractivity contribution is 5.92. The summed E-state index contributed by atoms with van der Waals surface area (Å²) in [6, 6.07) is -0.835. The van der Waals surface area contributed by atoms with E-state index in [1.807, 2.05) is 13.8 Å². The molecular formula is C16H24N2O6. The summed E-state index contributed by atoms with van der Waals surface area (Å²) in [6.45, 7) is 6.40. The zero-order valence-electron chi connectivity index (χ0n) is 14.5. The molecule has 0 aliphatic carbocycles. The van der Waals surface area contributed by atoms with Crippen LogP contribution in [0.1, 0.15) is 27.2 Å². The standard InChI is InChI=1S/C16H24N2O6/c1-5-17(6-2)16(22)15-12(9-10-18(15)11(3)19)24-14(21)8-7-13(20)23-4/h7-8,12,15H,5-6,9-10H2,1-4H3/b8-7+/t12-,15+/m1/s1. The molecule has 0 spiro atoms. The second-order valence-electron chi connectivity index (χ2n) is 5.29. The van der Waals surface area contributed by atoms with E-state index in [2.05, 4.69) is 4.74 Å². The minimum Gasteiger partial charge on any atom is -0.466 e. The van der Waals surface area contributed by atoms with Crippen molar-refractivity contribution in [2.24, 2.45) is 0 Å². The number of likely N-dealkylation sites (N-methyl/N-ethyl adjacent to an activating group) is 1. The first kappa shape index (κ1) is 19.7. The van der Waals surface area contributed by atoms with E-state index in [0.29, 0.717) is 26.1 Å². The third kappa shape index (κ3) is 4.81. The van der Waals surface area contributed by atoms with Gasteiger partial charge in [0.15, 0.2) is 0 Å². The van der Waals surface area contributed by atoms with Gasteiger partial charge < -0.3 is 19.3 Å². The van der Waals surface area contributed by atoms with Crippen molar-refractivity contribution in [1.82, 2.24) is 9.80 Å². The van der Waals surface area contributed by atoms with Crippen molar-refractivity contribution in [3.8, 4) is 0 Å². The first-order chi connectivity index (χ1) is 11.3. The number of carbonyl (C=O) groups is 4. The Labute approximate surface area is 141 Å². The van der Waals surface area contributed by atoms with Crippen LogP contribution in [0.3, 0.4) is 0 Å². The van der Waals surface area contributed by atoms with Gasteiger partial charge in [-0.1, -0.05) is 0 Å². The molecule has 8 nitrogen and oxygen atoms in total. The summed E-state index contributed by atoms with van der Waals surface area (Å²) in [5.41, 5.74) is 0. The highest BCUT2D eigenvalue weighted by atomic mass is 16.5. The van der Waals surface area contributed by atoms with Crippen molar-refractivity contribution in [3.63, 3.8) is 0 Å². The summed E-state index contributed by atoms with van der Waals surface area (Å²) < 4.78 is 9.68. The maximum Gasteiger partial charge on any atom is 0.331 e. The fourth-order valence-corrected chi connectivity index (χ4v) is 2.65. The number of hydrogen-bond donors (Lipinski definition) is 0. The van der Waals surface area contributed by atoms with Crippen LogP contribution in [0.25, 0.3) is 0 Å². The van der Waals surface area contributed by atoms with E-state index in [0.717, 1.165) is 12.2 Å². The molecule has 1 aliphatic rings. The van der Waals surface area contributed by atoms with Gasteiger partial charge in [-0.2, -0.15) is 0 Å². The Kier molecular flexibility index (Phi) is 7.41. The zero-order valence-corrected chi connectivity index (χ0v) is 14.5. The Morgan fingerprint density at radius 1 is 1.12 bits per heavy atom. The monoisotopic (exact) mass is 340 g/mol. The van der Waals surface area contributed by atoms with E-state index >= 15 is 0 Å². The number of esters is 2. The SMILES string of the molecule is CCN(CC)C(=O)[C@@H]1[C@H](OC(=O)/C=C/C(=O)OC)CCN1C(C)=O. The normalized spacial score (nSPS) is 20.1. The van der Waals surface area contributed by atoms with Crippen LogP contribution in [-0.4, -0.2) is 72.4 Å². The molecule has 0 N–H and O–H groups in total. The van der Waals surface area contributed by atoms with Crippen LogP contribution in [-0.2, 0) is 28.7 Å². The number of methoxy groups -OCH3 is 1. The molecule has 0 aromatic rings. The molecule has 0 bridgehead atoms. The Morgan fingerprint density at radius 3 is 2.21 bits per heavy atom. The molecule has 1 fully saturated rings. The molecule has 0 unspecified atom stereocenters. The van der Waals surface area contributed by atoms with E-state index in [4.69, 9.17) is 4.74 Å². The molecule has 1 aliphatic heterocycles. The van der Waals surface area contributed by atoms with Gasteiger partial charge in [-0.15, -0.1) is 0 Å². The van der Waals surface area contributed by atoms with Gasteiger partial charge in [0.05, 0.1) is 7.11 Å². The maximum absolute atomic E-state index is 12.7. The molecule has 1 saturated heterocycles. The van der Waals surface area contributed by atoms with Crippen molar-refractivity contribution in [3.05, 3.63) is 12.2 Å². The second-order valence-corrected chi connectivity index (χ2v) is 5.29. The van der Waals surface area contributed by atoms with E-state index in [1.54, 1.807) is 4.90 Å². The van der Waals surface area contributed by atoms with Crippen molar-refractivity contribution < 1.29 is 28.7 Å². The van der Waals surface area contributed by atoms with Crippen molar-refractivity contribution in [2.45, 2.75) is 39.3 Å². The lowest BCUT2D eigenvalue weighted by molar-refractivity contribution is -0.153. The zero-order chi connectivity index (χ0) is 18.3. The first-order valence-corrected chi connectivity index (χ1v) is 7.88. The molecule has 2 amide bonds. The molecule has 0 aromatic heterocycles. The molecule has 2 atom stereocenters. The Bertz CT molecular complexity index is 527. The molecular weight excluding hydrogens is 316 g/mol. The molecule has 1 rings (SSSR count). The van der Waals surface area contributed by atoms with Crippen molar-refractivity contribution in [2.75, 3.05) is 26.7 Å². The van der Waals surface area contributed by atoms with Gasteiger partial charge in [0.25, 0.3) is 0 Å². The lowest BCUT2D eigenvalue weighted by atomic mass is 10.1. The number of ether oxygens (including phenoxy) is 2. The van der Waals surface area contributed by atoms with Crippen LogP contribution < -0.4 is 0 Å². The highest BCUT2D eigenvalue weighted by Gasteiger charge is 2.44. The van der Waals surface area contributed by atoms with E-state index < -0.39 is 24.1 Å². The highest BCUT2D eigenvalue weighted by Crippen LogP contribution is 2.23. The molecule has 0 saturated carbocycles. The van der Waals surface area contributed by atoms with Crippen molar-refractivity contribution in [1.29, 1.82) is 0 Å². The third-order valence-corrected chi connectivity index (χ3v) is 3.90. The second kappa shape index (κ2) is 9.05. The molecule has 8 heteroatoms. The molecule has 134 valence electrons. The van der Waals surface area contributed by atoms with Gasteiger partial charge in [0.2, 0.25) is 11.8 Å². The van der Waals surface area contributed by atoms with Gasteiger partial charge in [-0.3, -0.25) is 9.59 Å². The van der Waals surface area contributed by atoms with Gasteiger partial charge in [0, 0.05) is 45.1 Å². The van der Waals surface area contributed by atoms with Crippen LogP contribution in [0.5, 0.6) is 0 Å². The number of amides is 2. The molecule has 1 heterocycles. The topological polar surface area (TPSA) is 93.2 Å². The number of likely N-dealkylation sites (tertiary alicyclic amines) is 1. The van der Waals surface area contributed by atoms with E-state index in [1.165, 1.54) is 18.9 Å². The third-order valence-electron chi connectivity index (χ3n) is 3.90. The average Bonchev–Trinajstić information content (AvgIpc) is 2.97. The molecule has 0 aromatic carbocycles. The van der Waals surface area contributed by atoms with Crippen LogP contribution in [0.2, 0.25) is 0 Å². The number of rotatable bonds is 6. The summed E-state index contributed by atoms with van der Waals surface area (Å²) >= 11 is 0. The van der Waals surface area contributed by atoms with Crippen LogP contribution in [0, 0.1) is 0 Å². The minimum atomic E-state index is -0.835.